The molecule has 0 amide bonds. The fraction of sp³-hybridized carbons (Fsp3) is 0.111. The van der Waals surface area contributed by atoms with Gasteiger partial charge in [0, 0.05) is 11.0 Å². The summed E-state index contributed by atoms with van der Waals surface area (Å²) in [6.45, 7) is 0. The lowest BCUT2D eigenvalue weighted by atomic mass is 10.2. The Morgan fingerprint density at radius 3 is 3.10 bits per heavy atom. The Morgan fingerprint density at radius 1 is 1.50 bits per heavy atom. The zero-order valence-electron chi connectivity index (χ0n) is 5.72. The van der Waals surface area contributed by atoms with Crippen molar-refractivity contribution in [3.63, 3.8) is 0 Å². The molecule has 2 aliphatic rings. The summed E-state index contributed by atoms with van der Waals surface area (Å²) in [6.07, 6.45) is 13.8. The molecule has 1 radical (unpaired) electrons. The lowest BCUT2D eigenvalue weighted by Gasteiger charge is -1.85. The van der Waals surface area contributed by atoms with Gasteiger partial charge >= 0.3 is 0 Å². The number of fused-ring (bicyclic) bond motifs is 1. The first kappa shape index (κ1) is 6.05. The van der Waals surface area contributed by atoms with E-state index in [1.807, 2.05) is 0 Å². The van der Waals surface area contributed by atoms with Crippen molar-refractivity contribution in [2.24, 2.45) is 0 Å². The molecule has 0 aromatic heterocycles. The van der Waals surface area contributed by atoms with Crippen molar-refractivity contribution in [3.05, 3.63) is 46.4 Å². The normalized spacial score (nSPS) is 20.3. The SMILES string of the molecule is CSC1=[C]C2=CC=CC2=C1. The Morgan fingerprint density at radius 2 is 2.40 bits per heavy atom. The third-order valence-corrected chi connectivity index (χ3v) is 2.27. The van der Waals surface area contributed by atoms with E-state index in [4.69, 9.17) is 0 Å². The topological polar surface area (TPSA) is 0 Å². The number of hydrogen-bond acceptors (Lipinski definition) is 1. The van der Waals surface area contributed by atoms with Crippen molar-refractivity contribution in [1.29, 1.82) is 0 Å². The number of hydrogen-bond donors (Lipinski definition) is 0. The molecule has 0 unspecified atom stereocenters. The van der Waals surface area contributed by atoms with Crippen LogP contribution in [0.1, 0.15) is 0 Å². The van der Waals surface area contributed by atoms with Gasteiger partial charge in [-0.15, -0.1) is 11.8 Å². The van der Waals surface area contributed by atoms with Crippen LogP contribution in [0, 0.1) is 6.08 Å². The van der Waals surface area contributed by atoms with Crippen molar-refractivity contribution in [1.82, 2.24) is 0 Å². The zero-order chi connectivity index (χ0) is 6.97. The first-order chi connectivity index (χ1) is 4.90. The van der Waals surface area contributed by atoms with Gasteiger partial charge in [-0.1, -0.05) is 18.2 Å². The van der Waals surface area contributed by atoms with Crippen LogP contribution in [0.4, 0.5) is 0 Å². The first-order valence-corrected chi connectivity index (χ1v) is 4.41. The van der Waals surface area contributed by atoms with Gasteiger partial charge in [0.15, 0.2) is 0 Å². The predicted molar refractivity (Wildman–Crippen MR) is 45.6 cm³/mol. The standard InChI is InChI=1S/C9H7S/c1-10-9-5-7-3-2-4-8(7)6-9/h2-5H,1H3. The zero-order valence-corrected chi connectivity index (χ0v) is 6.53. The van der Waals surface area contributed by atoms with Gasteiger partial charge in [0.1, 0.15) is 0 Å². The molecule has 0 aliphatic heterocycles. The van der Waals surface area contributed by atoms with Gasteiger partial charge < -0.3 is 0 Å². The third kappa shape index (κ3) is 0.781. The number of allylic oxidation sites excluding steroid dienone is 7. The number of thioether (sulfide) groups is 1. The van der Waals surface area contributed by atoms with Crippen LogP contribution in [-0.2, 0) is 0 Å². The highest BCUT2D eigenvalue weighted by Crippen LogP contribution is 2.31. The fourth-order valence-electron chi connectivity index (χ4n) is 1.09. The molecule has 2 aliphatic carbocycles. The van der Waals surface area contributed by atoms with Crippen molar-refractivity contribution < 1.29 is 0 Å². The van der Waals surface area contributed by atoms with Gasteiger partial charge in [-0.05, 0) is 23.5 Å². The molecule has 2 rings (SSSR count). The average Bonchev–Trinajstić information content (AvgIpc) is 2.42. The van der Waals surface area contributed by atoms with Crippen molar-refractivity contribution in [3.8, 4) is 0 Å². The highest BCUT2D eigenvalue weighted by Gasteiger charge is 2.11. The Balaban J connectivity index is 2.38. The molecule has 0 fully saturated rings. The molecule has 0 aromatic carbocycles. The van der Waals surface area contributed by atoms with Gasteiger partial charge in [-0.3, -0.25) is 0 Å². The Hall–Kier alpha value is -0.690. The van der Waals surface area contributed by atoms with E-state index in [9.17, 15) is 0 Å². The average molecular weight is 147 g/mol. The maximum absolute atomic E-state index is 3.29. The van der Waals surface area contributed by atoms with E-state index in [1.165, 1.54) is 16.1 Å². The number of rotatable bonds is 1. The van der Waals surface area contributed by atoms with Gasteiger partial charge in [0.2, 0.25) is 0 Å². The largest absolute Gasteiger partial charge is 0.129 e. The quantitative estimate of drug-likeness (QED) is 0.549. The molecular weight excluding hydrogens is 140 g/mol. The van der Waals surface area contributed by atoms with Gasteiger partial charge in [0.25, 0.3) is 0 Å². The molecule has 0 nitrogen and oxygen atoms in total. The summed E-state index contributed by atoms with van der Waals surface area (Å²) in [6, 6.07) is 0. The second-order valence-electron chi connectivity index (χ2n) is 2.23. The minimum absolute atomic E-state index is 1.24. The summed E-state index contributed by atoms with van der Waals surface area (Å²) in [5.41, 5.74) is 2.55. The van der Waals surface area contributed by atoms with E-state index in [0.29, 0.717) is 0 Å². The Kier molecular flexibility index (Phi) is 1.31. The van der Waals surface area contributed by atoms with Crippen LogP contribution >= 0.6 is 11.8 Å². The summed E-state index contributed by atoms with van der Waals surface area (Å²) in [7, 11) is 0. The first-order valence-electron chi connectivity index (χ1n) is 3.18. The van der Waals surface area contributed by atoms with Gasteiger partial charge in [-0.2, -0.15) is 0 Å². The van der Waals surface area contributed by atoms with Crippen LogP contribution in [-0.4, -0.2) is 6.26 Å². The minimum Gasteiger partial charge on any atom is -0.129 e. The maximum Gasteiger partial charge on any atom is 0.0161 e. The van der Waals surface area contributed by atoms with Crippen LogP contribution < -0.4 is 0 Å². The van der Waals surface area contributed by atoms with Crippen molar-refractivity contribution in [2.45, 2.75) is 0 Å². The Labute approximate surface area is 65.0 Å². The molecule has 10 heavy (non-hydrogen) atoms. The molecule has 0 saturated carbocycles. The molecule has 0 N–H and O–H groups in total. The molecule has 0 atom stereocenters. The predicted octanol–water partition coefficient (Wildman–Crippen LogP) is 2.47. The second kappa shape index (κ2) is 2.17. The maximum atomic E-state index is 3.29. The van der Waals surface area contributed by atoms with Crippen LogP contribution in [0.2, 0.25) is 0 Å². The van der Waals surface area contributed by atoms with E-state index in [2.05, 4.69) is 36.6 Å². The van der Waals surface area contributed by atoms with Crippen LogP contribution in [0.3, 0.4) is 0 Å². The van der Waals surface area contributed by atoms with E-state index in [-0.39, 0.29) is 0 Å². The molecule has 49 valence electrons. The minimum atomic E-state index is 1.24. The summed E-state index contributed by atoms with van der Waals surface area (Å²) in [4.78, 5) is 1.24. The summed E-state index contributed by atoms with van der Waals surface area (Å²) >= 11 is 1.74. The smallest absolute Gasteiger partial charge is 0.0161 e. The molecule has 0 saturated heterocycles. The molecule has 1 heteroatoms. The van der Waals surface area contributed by atoms with Crippen molar-refractivity contribution in [2.75, 3.05) is 6.26 Å². The van der Waals surface area contributed by atoms with Crippen molar-refractivity contribution >= 4 is 11.8 Å². The van der Waals surface area contributed by atoms with Crippen LogP contribution in [0.15, 0.2) is 40.4 Å². The molecule has 0 heterocycles. The fourth-order valence-corrected chi connectivity index (χ4v) is 1.55. The van der Waals surface area contributed by atoms with Gasteiger partial charge in [-0.25, -0.2) is 0 Å². The molecule has 0 bridgehead atoms. The van der Waals surface area contributed by atoms with Gasteiger partial charge in [0.05, 0.1) is 0 Å². The summed E-state index contributed by atoms with van der Waals surface area (Å²) in [5, 5.41) is 0. The molecular formula is C9H7S. The van der Waals surface area contributed by atoms with E-state index in [1.54, 1.807) is 11.8 Å². The highest BCUT2D eigenvalue weighted by molar-refractivity contribution is 8.02. The van der Waals surface area contributed by atoms with E-state index < -0.39 is 0 Å². The summed E-state index contributed by atoms with van der Waals surface area (Å²) < 4.78 is 0. The van der Waals surface area contributed by atoms with Crippen LogP contribution in [0.5, 0.6) is 0 Å². The monoisotopic (exact) mass is 147 g/mol. The highest BCUT2D eigenvalue weighted by atomic mass is 32.2. The molecule has 0 aromatic rings. The van der Waals surface area contributed by atoms with Crippen LogP contribution in [0.25, 0.3) is 0 Å². The lowest BCUT2D eigenvalue weighted by Crippen LogP contribution is -1.68. The Bertz CT molecular complexity index is 277. The van der Waals surface area contributed by atoms with E-state index in [0.717, 1.165) is 0 Å². The summed E-state index contributed by atoms with van der Waals surface area (Å²) in [5.74, 6) is 0. The lowest BCUT2D eigenvalue weighted by molar-refractivity contribution is 1.65. The van der Waals surface area contributed by atoms with E-state index >= 15 is 0 Å². The second-order valence-corrected chi connectivity index (χ2v) is 3.08. The third-order valence-electron chi connectivity index (χ3n) is 1.61. The molecule has 0 spiro atoms.